The highest BCUT2D eigenvalue weighted by Gasteiger charge is 2.16. The van der Waals surface area contributed by atoms with Gasteiger partial charge in [-0.1, -0.05) is 0 Å². The zero-order valence-corrected chi connectivity index (χ0v) is 10.2. The lowest BCUT2D eigenvalue weighted by Gasteiger charge is -2.20. The van der Waals surface area contributed by atoms with E-state index in [0.29, 0.717) is 5.92 Å². The standard InChI is InChI=1S/C12H16N6/c1-5-13-6-2-10(1)9-12-15-17-18(16-12)11-3-7-14-8-4-11/h3-4,7-8,10,13H,1-2,5-6,9H2. The molecule has 1 fully saturated rings. The number of pyridine rings is 1. The molecular formula is C12H16N6. The molecule has 0 spiro atoms. The number of hydrogen-bond donors (Lipinski definition) is 1. The normalized spacial score (nSPS) is 16.9. The van der Waals surface area contributed by atoms with Gasteiger partial charge in [-0.3, -0.25) is 4.98 Å². The molecule has 0 radical (unpaired) electrons. The van der Waals surface area contributed by atoms with Crippen molar-refractivity contribution in [1.29, 1.82) is 0 Å². The van der Waals surface area contributed by atoms with Crippen LogP contribution in [0.4, 0.5) is 0 Å². The number of tetrazole rings is 1. The maximum absolute atomic E-state index is 4.42. The Morgan fingerprint density at radius 2 is 2.00 bits per heavy atom. The van der Waals surface area contributed by atoms with Crippen molar-refractivity contribution in [3.05, 3.63) is 30.4 Å². The summed E-state index contributed by atoms with van der Waals surface area (Å²) in [6.07, 6.45) is 6.77. The van der Waals surface area contributed by atoms with Gasteiger partial charge in [-0.25, -0.2) is 0 Å². The molecular weight excluding hydrogens is 228 g/mol. The maximum Gasteiger partial charge on any atom is 0.175 e. The lowest BCUT2D eigenvalue weighted by Crippen LogP contribution is -2.28. The van der Waals surface area contributed by atoms with Gasteiger partial charge in [0.1, 0.15) is 0 Å². The zero-order chi connectivity index (χ0) is 12.2. The topological polar surface area (TPSA) is 68.5 Å². The van der Waals surface area contributed by atoms with Gasteiger partial charge in [0.05, 0.1) is 5.69 Å². The molecule has 3 rings (SSSR count). The third kappa shape index (κ3) is 2.53. The average molecular weight is 244 g/mol. The fourth-order valence-corrected chi connectivity index (χ4v) is 2.26. The number of piperidine rings is 1. The first-order chi connectivity index (χ1) is 8.92. The van der Waals surface area contributed by atoms with E-state index in [1.54, 1.807) is 17.2 Å². The summed E-state index contributed by atoms with van der Waals surface area (Å²) in [5, 5.41) is 16.0. The highest BCUT2D eigenvalue weighted by atomic mass is 15.6. The van der Waals surface area contributed by atoms with Crippen molar-refractivity contribution in [1.82, 2.24) is 30.5 Å². The maximum atomic E-state index is 4.42. The van der Waals surface area contributed by atoms with Gasteiger partial charge in [-0.15, -0.1) is 15.0 Å². The Bertz CT molecular complexity index is 488. The minimum Gasteiger partial charge on any atom is -0.317 e. The second kappa shape index (κ2) is 5.22. The Kier molecular flexibility index (Phi) is 3.27. The summed E-state index contributed by atoms with van der Waals surface area (Å²) < 4.78 is 0. The van der Waals surface area contributed by atoms with Gasteiger partial charge in [0.25, 0.3) is 0 Å². The van der Waals surface area contributed by atoms with E-state index in [4.69, 9.17) is 0 Å². The minimum absolute atomic E-state index is 0.682. The molecule has 0 bridgehead atoms. The molecule has 6 nitrogen and oxygen atoms in total. The fourth-order valence-electron chi connectivity index (χ4n) is 2.26. The molecule has 18 heavy (non-hydrogen) atoms. The van der Waals surface area contributed by atoms with Crippen molar-refractivity contribution in [2.24, 2.45) is 5.92 Å². The van der Waals surface area contributed by atoms with Crippen LogP contribution in [0.1, 0.15) is 18.7 Å². The van der Waals surface area contributed by atoms with E-state index < -0.39 is 0 Å². The van der Waals surface area contributed by atoms with Crippen molar-refractivity contribution in [2.75, 3.05) is 13.1 Å². The lowest BCUT2D eigenvalue weighted by molar-refractivity contribution is 0.367. The van der Waals surface area contributed by atoms with Crippen LogP contribution in [0.3, 0.4) is 0 Å². The molecule has 0 amide bonds. The summed E-state index contributed by atoms with van der Waals surface area (Å²) in [5.41, 5.74) is 0.897. The molecule has 2 aromatic heterocycles. The Labute approximate surface area is 105 Å². The highest BCUT2D eigenvalue weighted by Crippen LogP contribution is 2.15. The van der Waals surface area contributed by atoms with E-state index in [0.717, 1.165) is 31.0 Å². The molecule has 1 N–H and O–H groups in total. The Morgan fingerprint density at radius 3 is 2.78 bits per heavy atom. The molecule has 6 heteroatoms. The first-order valence-corrected chi connectivity index (χ1v) is 6.32. The van der Waals surface area contributed by atoms with Crippen LogP contribution in [-0.2, 0) is 6.42 Å². The largest absolute Gasteiger partial charge is 0.317 e. The van der Waals surface area contributed by atoms with Gasteiger partial charge in [-0.2, -0.15) is 0 Å². The number of hydrogen-bond acceptors (Lipinski definition) is 5. The van der Waals surface area contributed by atoms with E-state index in [1.807, 2.05) is 12.1 Å². The van der Waals surface area contributed by atoms with Gasteiger partial charge < -0.3 is 5.32 Å². The average Bonchev–Trinajstić information content (AvgIpc) is 2.89. The Balaban J connectivity index is 1.69. The van der Waals surface area contributed by atoms with Crippen molar-refractivity contribution >= 4 is 0 Å². The number of aromatic nitrogens is 5. The monoisotopic (exact) mass is 244 g/mol. The molecule has 0 saturated carbocycles. The molecule has 3 heterocycles. The van der Waals surface area contributed by atoms with Crippen LogP contribution in [-0.4, -0.2) is 38.3 Å². The second-order valence-corrected chi connectivity index (χ2v) is 4.60. The third-order valence-electron chi connectivity index (χ3n) is 3.28. The number of nitrogens with zero attached hydrogens (tertiary/aromatic N) is 5. The fraction of sp³-hybridized carbons (Fsp3) is 0.500. The Hall–Kier alpha value is -1.82. The van der Waals surface area contributed by atoms with Gasteiger partial charge in [-0.05, 0) is 49.2 Å². The number of rotatable bonds is 3. The van der Waals surface area contributed by atoms with E-state index in [-0.39, 0.29) is 0 Å². The van der Waals surface area contributed by atoms with Crippen LogP contribution in [0.25, 0.3) is 5.69 Å². The summed E-state index contributed by atoms with van der Waals surface area (Å²) in [6, 6.07) is 3.74. The summed E-state index contributed by atoms with van der Waals surface area (Å²) in [4.78, 5) is 5.54. The summed E-state index contributed by atoms with van der Waals surface area (Å²) >= 11 is 0. The van der Waals surface area contributed by atoms with Crippen LogP contribution in [0, 0.1) is 5.92 Å². The van der Waals surface area contributed by atoms with E-state index in [2.05, 4.69) is 25.7 Å². The Morgan fingerprint density at radius 1 is 1.22 bits per heavy atom. The van der Waals surface area contributed by atoms with E-state index in [9.17, 15) is 0 Å². The predicted octanol–water partition coefficient (Wildman–Crippen LogP) is 0.599. The molecule has 2 aromatic rings. The minimum atomic E-state index is 0.682. The van der Waals surface area contributed by atoms with Crippen molar-refractivity contribution in [2.45, 2.75) is 19.3 Å². The van der Waals surface area contributed by atoms with Crippen LogP contribution >= 0.6 is 0 Å². The van der Waals surface area contributed by atoms with Gasteiger partial charge in [0.15, 0.2) is 5.82 Å². The molecule has 0 atom stereocenters. The first-order valence-electron chi connectivity index (χ1n) is 6.32. The molecule has 0 aliphatic carbocycles. The molecule has 1 aliphatic rings. The quantitative estimate of drug-likeness (QED) is 0.856. The smallest absolute Gasteiger partial charge is 0.175 e. The summed E-state index contributed by atoms with van der Waals surface area (Å²) in [6.45, 7) is 2.20. The van der Waals surface area contributed by atoms with Crippen molar-refractivity contribution < 1.29 is 0 Å². The van der Waals surface area contributed by atoms with Crippen molar-refractivity contribution in [3.63, 3.8) is 0 Å². The number of nitrogens with one attached hydrogen (secondary N) is 1. The van der Waals surface area contributed by atoms with Crippen LogP contribution in [0.2, 0.25) is 0 Å². The third-order valence-corrected chi connectivity index (χ3v) is 3.28. The molecule has 0 unspecified atom stereocenters. The molecule has 94 valence electrons. The SMILES string of the molecule is c1cc(-n2nnc(CC3CCNCC3)n2)ccn1. The highest BCUT2D eigenvalue weighted by molar-refractivity contribution is 5.24. The summed E-state index contributed by atoms with van der Waals surface area (Å²) in [7, 11) is 0. The molecule has 1 aliphatic heterocycles. The van der Waals surface area contributed by atoms with E-state index >= 15 is 0 Å². The van der Waals surface area contributed by atoms with E-state index in [1.165, 1.54) is 12.8 Å². The van der Waals surface area contributed by atoms with Crippen LogP contribution in [0.15, 0.2) is 24.5 Å². The van der Waals surface area contributed by atoms with Crippen LogP contribution < -0.4 is 5.32 Å². The van der Waals surface area contributed by atoms with Gasteiger partial charge in [0, 0.05) is 18.8 Å². The van der Waals surface area contributed by atoms with Crippen LogP contribution in [0.5, 0.6) is 0 Å². The lowest BCUT2D eigenvalue weighted by atomic mass is 9.94. The molecule has 0 aromatic carbocycles. The van der Waals surface area contributed by atoms with Gasteiger partial charge in [0.2, 0.25) is 0 Å². The van der Waals surface area contributed by atoms with Crippen molar-refractivity contribution in [3.8, 4) is 5.69 Å². The summed E-state index contributed by atoms with van der Waals surface area (Å²) in [5.74, 6) is 1.51. The predicted molar refractivity (Wildman–Crippen MR) is 66.2 cm³/mol. The first kappa shape index (κ1) is 11.3. The van der Waals surface area contributed by atoms with Gasteiger partial charge >= 0.3 is 0 Å². The zero-order valence-electron chi connectivity index (χ0n) is 10.2. The second-order valence-electron chi connectivity index (χ2n) is 4.60. The molecule has 1 saturated heterocycles.